The monoisotopic (exact) mass is 377 g/mol. The lowest BCUT2D eigenvalue weighted by Gasteiger charge is -2.11. The molecule has 2 aromatic carbocycles. The fourth-order valence-corrected chi connectivity index (χ4v) is 3.25. The number of hydrogen-bond donors (Lipinski definition) is 1. The van der Waals surface area contributed by atoms with Crippen LogP contribution in [0.4, 0.5) is 0 Å². The van der Waals surface area contributed by atoms with Gasteiger partial charge in [0.25, 0.3) is 0 Å². The Morgan fingerprint density at radius 1 is 1.14 bits per heavy atom. The Balaban J connectivity index is 1.45. The highest BCUT2D eigenvalue weighted by molar-refractivity contribution is 6.11. The van der Waals surface area contributed by atoms with Crippen LogP contribution in [0.15, 0.2) is 48.5 Å². The van der Waals surface area contributed by atoms with Gasteiger partial charge in [-0.1, -0.05) is 24.3 Å². The molecule has 3 aromatic rings. The van der Waals surface area contributed by atoms with E-state index in [2.05, 4.69) is 4.98 Å². The molecule has 28 heavy (non-hydrogen) atoms. The van der Waals surface area contributed by atoms with E-state index in [1.807, 2.05) is 31.2 Å². The van der Waals surface area contributed by atoms with Gasteiger partial charge in [-0.15, -0.1) is 0 Å². The van der Waals surface area contributed by atoms with E-state index >= 15 is 0 Å². The van der Waals surface area contributed by atoms with Crippen molar-refractivity contribution in [2.24, 2.45) is 0 Å². The molecule has 6 heteroatoms. The standard InChI is InChI=1S/C22H19NO5/c1-13-21(16-5-3-4-6-17(16)23-13)22(25)14(2)28-20(24)10-8-15-7-9-18-19(11-15)27-12-26-18/h3-11,14,23H,12H2,1-2H3/b10-8+/t14-/m0/s1. The molecule has 0 saturated carbocycles. The maximum atomic E-state index is 12.8. The number of carbonyl (C=O) groups excluding carboxylic acids is 2. The van der Waals surface area contributed by atoms with Crippen molar-refractivity contribution in [2.75, 3.05) is 6.79 Å². The van der Waals surface area contributed by atoms with E-state index in [4.69, 9.17) is 14.2 Å². The van der Waals surface area contributed by atoms with Crippen LogP contribution in [0.2, 0.25) is 0 Å². The van der Waals surface area contributed by atoms with E-state index in [0.717, 1.165) is 22.2 Å². The van der Waals surface area contributed by atoms with Gasteiger partial charge in [0.05, 0.1) is 0 Å². The van der Waals surface area contributed by atoms with Crippen LogP contribution in [0.25, 0.3) is 17.0 Å². The summed E-state index contributed by atoms with van der Waals surface area (Å²) in [6.07, 6.45) is 2.01. The molecule has 1 atom stereocenters. The number of Topliss-reactive ketones (excluding diaryl/α,β-unsaturated/α-hetero) is 1. The fraction of sp³-hybridized carbons (Fsp3) is 0.182. The van der Waals surface area contributed by atoms with Gasteiger partial charge in [0.15, 0.2) is 17.6 Å². The van der Waals surface area contributed by atoms with Gasteiger partial charge >= 0.3 is 5.97 Å². The SMILES string of the molecule is Cc1[nH]c2ccccc2c1C(=O)[C@H](C)OC(=O)/C=C/c1ccc2c(c1)OCO2. The second-order valence-electron chi connectivity index (χ2n) is 6.56. The third-order valence-electron chi connectivity index (χ3n) is 4.61. The van der Waals surface area contributed by atoms with Crippen LogP contribution in [0, 0.1) is 6.92 Å². The Labute approximate surface area is 161 Å². The first kappa shape index (κ1) is 17.9. The summed E-state index contributed by atoms with van der Waals surface area (Å²) in [4.78, 5) is 28.2. The first-order valence-corrected chi connectivity index (χ1v) is 8.93. The van der Waals surface area contributed by atoms with E-state index in [0.29, 0.717) is 17.1 Å². The molecule has 0 saturated heterocycles. The summed E-state index contributed by atoms with van der Waals surface area (Å²) in [5.74, 6) is 0.484. The zero-order valence-corrected chi connectivity index (χ0v) is 15.5. The minimum Gasteiger partial charge on any atom is -0.454 e. The average molecular weight is 377 g/mol. The number of ketones is 1. The van der Waals surface area contributed by atoms with E-state index < -0.39 is 12.1 Å². The van der Waals surface area contributed by atoms with Crippen LogP contribution in [-0.2, 0) is 9.53 Å². The van der Waals surface area contributed by atoms with Crippen molar-refractivity contribution in [2.45, 2.75) is 20.0 Å². The lowest BCUT2D eigenvalue weighted by Crippen LogP contribution is -2.24. The molecule has 1 aliphatic rings. The Bertz CT molecular complexity index is 1100. The van der Waals surface area contributed by atoms with Gasteiger partial charge in [-0.2, -0.15) is 0 Å². The first-order valence-electron chi connectivity index (χ1n) is 8.93. The number of benzene rings is 2. The summed E-state index contributed by atoms with van der Waals surface area (Å²) < 4.78 is 15.9. The van der Waals surface area contributed by atoms with Crippen molar-refractivity contribution in [3.8, 4) is 11.5 Å². The maximum absolute atomic E-state index is 12.8. The molecule has 0 aliphatic carbocycles. The van der Waals surface area contributed by atoms with Gasteiger partial charge in [0.2, 0.25) is 12.6 Å². The van der Waals surface area contributed by atoms with Crippen LogP contribution in [-0.4, -0.2) is 29.6 Å². The lowest BCUT2D eigenvalue weighted by molar-refractivity contribution is -0.140. The smallest absolute Gasteiger partial charge is 0.331 e. The van der Waals surface area contributed by atoms with Crippen LogP contribution in [0.5, 0.6) is 11.5 Å². The minimum absolute atomic E-state index is 0.192. The normalized spacial score (nSPS) is 13.8. The minimum atomic E-state index is -0.896. The van der Waals surface area contributed by atoms with Gasteiger partial charge in [-0.3, -0.25) is 4.79 Å². The number of aryl methyl sites for hydroxylation is 1. The van der Waals surface area contributed by atoms with Crippen LogP contribution < -0.4 is 9.47 Å². The molecule has 0 bridgehead atoms. The van der Waals surface area contributed by atoms with Crippen LogP contribution in [0.1, 0.15) is 28.5 Å². The van der Waals surface area contributed by atoms with Crippen molar-refractivity contribution in [1.29, 1.82) is 0 Å². The average Bonchev–Trinajstić information content (AvgIpc) is 3.28. The number of nitrogens with one attached hydrogen (secondary N) is 1. The Morgan fingerprint density at radius 2 is 1.93 bits per heavy atom. The van der Waals surface area contributed by atoms with E-state index in [1.54, 1.807) is 31.2 Å². The molecule has 1 aromatic heterocycles. The summed E-state index contributed by atoms with van der Waals surface area (Å²) in [5, 5.41) is 0.823. The highest BCUT2D eigenvalue weighted by atomic mass is 16.7. The molecule has 0 spiro atoms. The molecule has 0 unspecified atom stereocenters. The number of fused-ring (bicyclic) bond motifs is 2. The van der Waals surface area contributed by atoms with Crippen LogP contribution in [0.3, 0.4) is 0 Å². The predicted octanol–water partition coefficient (Wildman–Crippen LogP) is 4.03. The molecule has 1 aliphatic heterocycles. The molecule has 1 N–H and O–H groups in total. The number of para-hydroxylation sites is 1. The van der Waals surface area contributed by atoms with Gasteiger partial charge in [0, 0.05) is 28.2 Å². The number of carbonyl (C=O) groups is 2. The van der Waals surface area contributed by atoms with Crippen molar-refractivity contribution in [3.63, 3.8) is 0 Å². The van der Waals surface area contributed by atoms with E-state index in [1.165, 1.54) is 6.08 Å². The largest absolute Gasteiger partial charge is 0.454 e. The number of aromatic amines is 1. The molecular formula is C22H19NO5. The number of aromatic nitrogens is 1. The van der Waals surface area contributed by atoms with E-state index in [-0.39, 0.29) is 12.6 Å². The molecule has 0 fully saturated rings. The second kappa shape index (κ2) is 7.23. The van der Waals surface area contributed by atoms with Crippen molar-refractivity contribution < 1.29 is 23.8 Å². The number of hydrogen-bond acceptors (Lipinski definition) is 5. The summed E-state index contributed by atoms with van der Waals surface area (Å²) in [5.41, 5.74) is 2.96. The summed E-state index contributed by atoms with van der Waals surface area (Å²) >= 11 is 0. The molecule has 0 radical (unpaired) electrons. The fourth-order valence-electron chi connectivity index (χ4n) is 3.25. The summed E-state index contributed by atoms with van der Waals surface area (Å²) in [7, 11) is 0. The topological polar surface area (TPSA) is 77.6 Å². The van der Waals surface area contributed by atoms with Crippen LogP contribution >= 0.6 is 0 Å². The van der Waals surface area contributed by atoms with Crippen molar-refractivity contribution in [1.82, 2.24) is 4.98 Å². The zero-order valence-electron chi connectivity index (χ0n) is 15.5. The lowest BCUT2D eigenvalue weighted by atomic mass is 10.0. The molecule has 0 amide bonds. The van der Waals surface area contributed by atoms with Crippen molar-refractivity contribution in [3.05, 3.63) is 65.4 Å². The Hall–Kier alpha value is -3.54. The highest BCUT2D eigenvalue weighted by Gasteiger charge is 2.23. The maximum Gasteiger partial charge on any atom is 0.331 e. The molecule has 4 rings (SSSR count). The molecule has 6 nitrogen and oxygen atoms in total. The Morgan fingerprint density at radius 3 is 2.79 bits per heavy atom. The number of esters is 1. The quantitative estimate of drug-likeness (QED) is 0.413. The molecule has 142 valence electrons. The van der Waals surface area contributed by atoms with Gasteiger partial charge in [-0.05, 0) is 43.7 Å². The molecule has 2 heterocycles. The summed E-state index contributed by atoms with van der Waals surface area (Å²) in [6, 6.07) is 12.9. The summed E-state index contributed by atoms with van der Waals surface area (Å²) in [6.45, 7) is 3.61. The van der Waals surface area contributed by atoms with Gasteiger partial charge < -0.3 is 19.2 Å². The number of ether oxygens (including phenoxy) is 3. The number of H-pyrrole nitrogens is 1. The van der Waals surface area contributed by atoms with Crippen molar-refractivity contribution >= 4 is 28.7 Å². The third kappa shape index (κ3) is 3.36. The third-order valence-corrected chi connectivity index (χ3v) is 4.61. The second-order valence-corrected chi connectivity index (χ2v) is 6.56. The zero-order chi connectivity index (χ0) is 19.7. The van der Waals surface area contributed by atoms with Gasteiger partial charge in [-0.25, -0.2) is 4.79 Å². The van der Waals surface area contributed by atoms with Gasteiger partial charge in [0.1, 0.15) is 0 Å². The van der Waals surface area contributed by atoms with E-state index in [9.17, 15) is 9.59 Å². The predicted molar refractivity (Wildman–Crippen MR) is 105 cm³/mol. The Kier molecular flexibility index (Phi) is 4.61. The highest BCUT2D eigenvalue weighted by Crippen LogP contribution is 2.32. The molecular weight excluding hydrogens is 358 g/mol. The number of rotatable bonds is 5. The first-order chi connectivity index (χ1) is 13.5.